The summed E-state index contributed by atoms with van der Waals surface area (Å²) < 4.78 is 19.1. The molecule has 0 aliphatic heterocycles. The minimum Gasteiger partial charge on any atom is -0.489 e. The van der Waals surface area contributed by atoms with E-state index in [1.54, 1.807) is 18.2 Å². The lowest BCUT2D eigenvalue weighted by atomic mass is 10.1. The minimum absolute atomic E-state index is 0.0245. The molecule has 0 aliphatic carbocycles. The van der Waals surface area contributed by atoms with Crippen molar-refractivity contribution in [3.8, 4) is 5.75 Å². The third-order valence-corrected chi connectivity index (χ3v) is 3.67. The molecule has 2 aromatic carbocycles. The van der Waals surface area contributed by atoms with Crippen molar-refractivity contribution >= 4 is 29.2 Å². The number of carbonyl (C=O) groups is 1. The van der Waals surface area contributed by atoms with Gasteiger partial charge in [-0.1, -0.05) is 23.2 Å². The topological polar surface area (TPSA) is 46.5 Å². The molecule has 0 fully saturated rings. The summed E-state index contributed by atoms with van der Waals surface area (Å²) in [6.45, 7) is 1.86. The maximum atomic E-state index is 13.6. The molecule has 0 saturated heterocycles. The fraction of sp³-hybridized carbons (Fsp3) is 0.133. The van der Waals surface area contributed by atoms with Crippen LogP contribution >= 0.6 is 23.2 Å². The molecule has 0 radical (unpaired) electrons. The summed E-state index contributed by atoms with van der Waals surface area (Å²) in [5, 5.41) is 9.56. The predicted octanol–water partition coefficient (Wildman–Crippen LogP) is 4.72. The molecule has 0 amide bonds. The van der Waals surface area contributed by atoms with Gasteiger partial charge in [-0.25, -0.2) is 9.18 Å². The van der Waals surface area contributed by atoms with E-state index in [-0.39, 0.29) is 11.6 Å². The Morgan fingerprint density at radius 2 is 1.95 bits per heavy atom. The Morgan fingerprint density at radius 3 is 2.57 bits per heavy atom. The molecule has 2 rings (SSSR count). The van der Waals surface area contributed by atoms with Gasteiger partial charge < -0.3 is 9.84 Å². The number of benzene rings is 2. The van der Waals surface area contributed by atoms with Gasteiger partial charge in [0, 0.05) is 15.6 Å². The van der Waals surface area contributed by atoms with Gasteiger partial charge in [-0.2, -0.15) is 0 Å². The first-order valence-corrected chi connectivity index (χ1v) is 6.74. The monoisotopic (exact) mass is 328 g/mol. The van der Waals surface area contributed by atoms with Gasteiger partial charge in [0.1, 0.15) is 18.2 Å². The molecule has 3 nitrogen and oxygen atoms in total. The predicted molar refractivity (Wildman–Crippen MR) is 78.9 cm³/mol. The van der Waals surface area contributed by atoms with E-state index in [0.29, 0.717) is 16.3 Å². The van der Waals surface area contributed by atoms with E-state index < -0.39 is 17.3 Å². The normalized spacial score (nSPS) is 10.5. The van der Waals surface area contributed by atoms with Gasteiger partial charge in [0.2, 0.25) is 0 Å². The lowest BCUT2D eigenvalue weighted by Crippen LogP contribution is -2.04. The van der Waals surface area contributed by atoms with Crippen molar-refractivity contribution in [2.24, 2.45) is 0 Å². The van der Waals surface area contributed by atoms with Gasteiger partial charge in [-0.15, -0.1) is 0 Å². The summed E-state index contributed by atoms with van der Waals surface area (Å²) in [5.74, 6) is -1.65. The van der Waals surface area contributed by atoms with Crippen LogP contribution < -0.4 is 4.74 Å². The van der Waals surface area contributed by atoms with Crippen LogP contribution in [0.1, 0.15) is 21.5 Å². The Labute approximate surface area is 130 Å². The van der Waals surface area contributed by atoms with Crippen LogP contribution in [0.3, 0.4) is 0 Å². The summed E-state index contributed by atoms with van der Waals surface area (Å²) in [6.07, 6.45) is 0. The number of halogens is 3. The Balaban J connectivity index is 2.18. The van der Waals surface area contributed by atoms with Crippen molar-refractivity contribution in [2.45, 2.75) is 13.5 Å². The van der Waals surface area contributed by atoms with Crippen LogP contribution in [0.2, 0.25) is 10.0 Å². The molecule has 110 valence electrons. The van der Waals surface area contributed by atoms with Crippen molar-refractivity contribution in [3.05, 3.63) is 62.9 Å². The molecular weight excluding hydrogens is 318 g/mol. The van der Waals surface area contributed by atoms with Crippen LogP contribution in [0.5, 0.6) is 5.75 Å². The molecule has 0 heterocycles. The molecule has 1 N–H and O–H groups in total. The molecular formula is C15H11Cl2FO3. The smallest absolute Gasteiger partial charge is 0.338 e. The van der Waals surface area contributed by atoms with Crippen LogP contribution in [0.25, 0.3) is 0 Å². The standard InChI is InChI=1S/C15H11Cl2FO3/c1-8-4-10(2-3-12(8)16)21-7-9-5-14(18)11(15(19)20)6-13(9)17/h2-6H,7H2,1H3,(H,19,20). The SMILES string of the molecule is Cc1cc(OCc2cc(F)c(C(=O)O)cc2Cl)ccc1Cl. The molecule has 0 aliphatic rings. The summed E-state index contributed by atoms with van der Waals surface area (Å²) in [4.78, 5) is 10.8. The highest BCUT2D eigenvalue weighted by Gasteiger charge is 2.14. The van der Waals surface area contributed by atoms with E-state index in [0.717, 1.165) is 17.7 Å². The van der Waals surface area contributed by atoms with Crippen LogP contribution in [-0.4, -0.2) is 11.1 Å². The van der Waals surface area contributed by atoms with E-state index in [2.05, 4.69) is 0 Å². The molecule has 6 heteroatoms. The number of carboxylic acids is 1. The van der Waals surface area contributed by atoms with Crippen LogP contribution in [0, 0.1) is 12.7 Å². The molecule has 0 spiro atoms. The molecule has 0 unspecified atom stereocenters. The third kappa shape index (κ3) is 3.65. The van der Waals surface area contributed by atoms with Crippen LogP contribution in [0.4, 0.5) is 4.39 Å². The second-order valence-corrected chi connectivity index (χ2v) is 5.24. The highest BCUT2D eigenvalue weighted by molar-refractivity contribution is 6.31. The number of ether oxygens (including phenoxy) is 1. The fourth-order valence-electron chi connectivity index (χ4n) is 1.73. The van der Waals surface area contributed by atoms with Crippen molar-refractivity contribution in [1.82, 2.24) is 0 Å². The average molecular weight is 329 g/mol. The summed E-state index contributed by atoms with van der Waals surface area (Å²) in [5.41, 5.74) is 0.755. The van der Waals surface area contributed by atoms with Crippen LogP contribution in [0.15, 0.2) is 30.3 Å². The third-order valence-electron chi connectivity index (χ3n) is 2.89. The second-order valence-electron chi connectivity index (χ2n) is 4.43. The summed E-state index contributed by atoms with van der Waals surface area (Å²) in [6, 6.07) is 7.27. The Kier molecular flexibility index (Phi) is 4.70. The van der Waals surface area contributed by atoms with Gasteiger partial charge in [0.15, 0.2) is 0 Å². The summed E-state index contributed by atoms with van der Waals surface area (Å²) >= 11 is 11.8. The molecule has 0 bridgehead atoms. The first kappa shape index (κ1) is 15.6. The van der Waals surface area contributed by atoms with Gasteiger partial charge in [0.05, 0.1) is 5.56 Å². The first-order chi connectivity index (χ1) is 9.88. The highest BCUT2D eigenvalue weighted by Crippen LogP contribution is 2.25. The zero-order valence-electron chi connectivity index (χ0n) is 11.0. The number of rotatable bonds is 4. The second kappa shape index (κ2) is 6.33. The maximum Gasteiger partial charge on any atom is 0.338 e. The number of hydrogen-bond donors (Lipinski definition) is 1. The van der Waals surface area contributed by atoms with Gasteiger partial charge in [-0.3, -0.25) is 0 Å². The zero-order chi connectivity index (χ0) is 15.6. The van der Waals surface area contributed by atoms with E-state index >= 15 is 0 Å². The van der Waals surface area contributed by atoms with Crippen molar-refractivity contribution in [3.63, 3.8) is 0 Å². The largest absolute Gasteiger partial charge is 0.489 e. The van der Waals surface area contributed by atoms with E-state index in [1.165, 1.54) is 0 Å². The van der Waals surface area contributed by atoms with E-state index in [9.17, 15) is 9.18 Å². The molecule has 0 saturated carbocycles. The highest BCUT2D eigenvalue weighted by atomic mass is 35.5. The van der Waals surface area contributed by atoms with E-state index in [1.807, 2.05) is 6.92 Å². The number of carboxylic acid groups (broad SMARTS) is 1. The Hall–Kier alpha value is -1.78. The maximum absolute atomic E-state index is 13.6. The lowest BCUT2D eigenvalue weighted by molar-refractivity contribution is 0.0692. The minimum atomic E-state index is -1.37. The molecule has 2 aromatic rings. The van der Waals surface area contributed by atoms with Crippen molar-refractivity contribution in [1.29, 1.82) is 0 Å². The van der Waals surface area contributed by atoms with E-state index in [4.69, 9.17) is 33.0 Å². The summed E-state index contributed by atoms with van der Waals surface area (Å²) in [7, 11) is 0. The zero-order valence-corrected chi connectivity index (χ0v) is 12.5. The quantitative estimate of drug-likeness (QED) is 0.883. The van der Waals surface area contributed by atoms with Gasteiger partial charge >= 0.3 is 5.97 Å². The van der Waals surface area contributed by atoms with Crippen molar-refractivity contribution < 1.29 is 19.0 Å². The Bertz CT molecular complexity index is 702. The van der Waals surface area contributed by atoms with Crippen molar-refractivity contribution in [2.75, 3.05) is 0 Å². The lowest BCUT2D eigenvalue weighted by Gasteiger charge is -2.10. The molecule has 0 aromatic heterocycles. The number of aryl methyl sites for hydroxylation is 1. The average Bonchev–Trinajstić information content (AvgIpc) is 2.42. The molecule has 0 atom stereocenters. The fourth-order valence-corrected chi connectivity index (χ4v) is 2.07. The number of hydrogen-bond acceptors (Lipinski definition) is 2. The van der Waals surface area contributed by atoms with Gasteiger partial charge in [0.25, 0.3) is 0 Å². The first-order valence-electron chi connectivity index (χ1n) is 5.98. The molecule has 21 heavy (non-hydrogen) atoms. The van der Waals surface area contributed by atoms with Crippen LogP contribution in [-0.2, 0) is 6.61 Å². The Morgan fingerprint density at radius 1 is 1.24 bits per heavy atom. The number of aromatic carboxylic acids is 1. The van der Waals surface area contributed by atoms with Gasteiger partial charge in [-0.05, 0) is 42.8 Å².